The third-order valence-corrected chi connectivity index (χ3v) is 3.23. The molecule has 18 heavy (non-hydrogen) atoms. The van der Waals surface area contributed by atoms with Crippen molar-refractivity contribution >= 4 is 5.69 Å². The molecule has 0 bridgehead atoms. The maximum Gasteiger partial charge on any atom is 0.269 e. The minimum atomic E-state index is -0.407. The van der Waals surface area contributed by atoms with E-state index in [1.807, 2.05) is 6.07 Å². The smallest absolute Gasteiger partial charge is 0.269 e. The van der Waals surface area contributed by atoms with Gasteiger partial charge in [0.05, 0.1) is 17.6 Å². The van der Waals surface area contributed by atoms with Crippen LogP contribution in [0.2, 0.25) is 0 Å². The van der Waals surface area contributed by atoms with Crippen molar-refractivity contribution in [2.24, 2.45) is 0 Å². The molecule has 0 unspecified atom stereocenters. The van der Waals surface area contributed by atoms with Crippen LogP contribution in [-0.4, -0.2) is 47.7 Å². The fourth-order valence-electron chi connectivity index (χ4n) is 2.27. The van der Waals surface area contributed by atoms with Crippen LogP contribution in [0.3, 0.4) is 0 Å². The highest BCUT2D eigenvalue weighted by atomic mass is 16.6. The lowest BCUT2D eigenvalue weighted by Crippen LogP contribution is -2.46. The van der Waals surface area contributed by atoms with E-state index < -0.39 is 4.92 Å². The molecular formula is C12H17N3O3. The molecule has 1 heterocycles. The van der Waals surface area contributed by atoms with Crippen LogP contribution in [-0.2, 0) is 0 Å². The predicted octanol–water partition coefficient (Wildman–Crippen LogP) is 0.533. The Morgan fingerprint density at radius 2 is 2.17 bits per heavy atom. The van der Waals surface area contributed by atoms with E-state index in [-0.39, 0.29) is 18.3 Å². The van der Waals surface area contributed by atoms with Gasteiger partial charge in [-0.2, -0.15) is 0 Å². The van der Waals surface area contributed by atoms with E-state index in [1.165, 1.54) is 6.07 Å². The van der Waals surface area contributed by atoms with Gasteiger partial charge in [-0.05, 0) is 5.56 Å². The van der Waals surface area contributed by atoms with E-state index in [2.05, 4.69) is 10.2 Å². The maximum atomic E-state index is 10.8. The van der Waals surface area contributed by atoms with Crippen LogP contribution in [0.1, 0.15) is 11.6 Å². The topological polar surface area (TPSA) is 78.6 Å². The minimum Gasteiger partial charge on any atom is -0.394 e. The Labute approximate surface area is 105 Å². The number of hydrogen-bond donors (Lipinski definition) is 2. The SMILES string of the molecule is O=[N+]([O-])c1cccc([C@@H](CO)N2CCNCC2)c1. The van der Waals surface area contributed by atoms with Crippen molar-refractivity contribution < 1.29 is 10.0 Å². The van der Waals surface area contributed by atoms with Crippen molar-refractivity contribution in [3.63, 3.8) is 0 Å². The highest BCUT2D eigenvalue weighted by Gasteiger charge is 2.22. The van der Waals surface area contributed by atoms with Gasteiger partial charge in [0.1, 0.15) is 0 Å². The quantitative estimate of drug-likeness (QED) is 0.603. The number of nitrogens with one attached hydrogen (secondary N) is 1. The van der Waals surface area contributed by atoms with E-state index in [1.54, 1.807) is 12.1 Å². The molecule has 0 amide bonds. The monoisotopic (exact) mass is 251 g/mol. The first-order valence-corrected chi connectivity index (χ1v) is 6.02. The standard InChI is InChI=1S/C12H17N3O3/c16-9-12(14-6-4-13-5-7-14)10-2-1-3-11(8-10)15(17)18/h1-3,8,12-13,16H,4-7,9H2/t12-/m1/s1. The second-order valence-electron chi connectivity index (χ2n) is 4.34. The summed E-state index contributed by atoms with van der Waals surface area (Å²) in [6, 6.07) is 6.35. The van der Waals surface area contributed by atoms with Crippen LogP contribution in [0.5, 0.6) is 0 Å². The minimum absolute atomic E-state index is 0.0266. The molecule has 1 atom stereocenters. The van der Waals surface area contributed by atoms with Gasteiger partial charge in [-0.25, -0.2) is 0 Å². The number of aliphatic hydroxyl groups is 1. The third kappa shape index (κ3) is 2.84. The maximum absolute atomic E-state index is 10.8. The summed E-state index contributed by atoms with van der Waals surface area (Å²) >= 11 is 0. The first-order chi connectivity index (χ1) is 8.72. The van der Waals surface area contributed by atoms with Gasteiger partial charge in [-0.3, -0.25) is 15.0 Å². The zero-order valence-corrected chi connectivity index (χ0v) is 10.1. The number of nitro groups is 1. The summed E-state index contributed by atoms with van der Waals surface area (Å²) in [4.78, 5) is 12.5. The molecule has 0 radical (unpaired) electrons. The molecule has 1 saturated heterocycles. The Morgan fingerprint density at radius 3 is 2.78 bits per heavy atom. The third-order valence-electron chi connectivity index (χ3n) is 3.23. The van der Waals surface area contributed by atoms with Crippen molar-refractivity contribution in [3.8, 4) is 0 Å². The molecule has 6 nitrogen and oxygen atoms in total. The second-order valence-corrected chi connectivity index (χ2v) is 4.34. The van der Waals surface area contributed by atoms with E-state index in [0.717, 1.165) is 31.7 Å². The molecule has 0 spiro atoms. The molecule has 0 aromatic heterocycles. The summed E-state index contributed by atoms with van der Waals surface area (Å²) in [7, 11) is 0. The number of rotatable bonds is 4. The summed E-state index contributed by atoms with van der Waals surface area (Å²) in [6.45, 7) is 3.42. The summed E-state index contributed by atoms with van der Waals surface area (Å²) in [6.07, 6.45) is 0. The van der Waals surface area contributed by atoms with Gasteiger partial charge in [0.15, 0.2) is 0 Å². The molecule has 1 aromatic carbocycles. The van der Waals surface area contributed by atoms with Gasteiger partial charge in [0, 0.05) is 38.3 Å². The summed E-state index contributed by atoms with van der Waals surface area (Å²) in [5.41, 5.74) is 0.870. The van der Waals surface area contributed by atoms with Gasteiger partial charge in [-0.15, -0.1) is 0 Å². The Bertz CT molecular complexity index is 419. The first kappa shape index (κ1) is 12.9. The second kappa shape index (κ2) is 5.90. The molecule has 6 heteroatoms. The number of non-ortho nitro benzene ring substituents is 1. The fraction of sp³-hybridized carbons (Fsp3) is 0.500. The molecule has 98 valence electrons. The van der Waals surface area contributed by atoms with Crippen LogP contribution in [0.4, 0.5) is 5.69 Å². The lowest BCUT2D eigenvalue weighted by molar-refractivity contribution is -0.385. The number of nitro benzene ring substituents is 1. The number of benzene rings is 1. The zero-order chi connectivity index (χ0) is 13.0. The predicted molar refractivity (Wildman–Crippen MR) is 67.4 cm³/mol. The summed E-state index contributed by atoms with van der Waals surface area (Å²) in [5, 5.41) is 23.5. The van der Waals surface area contributed by atoms with Crippen LogP contribution in [0, 0.1) is 10.1 Å². The molecule has 2 N–H and O–H groups in total. The number of nitrogens with zero attached hydrogens (tertiary/aromatic N) is 2. The van der Waals surface area contributed by atoms with Crippen molar-refractivity contribution in [3.05, 3.63) is 39.9 Å². The van der Waals surface area contributed by atoms with Crippen molar-refractivity contribution in [1.29, 1.82) is 0 Å². The van der Waals surface area contributed by atoms with Crippen LogP contribution < -0.4 is 5.32 Å². The van der Waals surface area contributed by atoms with E-state index in [0.29, 0.717) is 0 Å². The molecule has 0 saturated carbocycles. The van der Waals surface area contributed by atoms with Gasteiger partial charge in [0.25, 0.3) is 5.69 Å². The number of aliphatic hydroxyl groups excluding tert-OH is 1. The van der Waals surface area contributed by atoms with E-state index >= 15 is 0 Å². The highest BCUT2D eigenvalue weighted by Crippen LogP contribution is 2.24. The van der Waals surface area contributed by atoms with Gasteiger partial charge < -0.3 is 10.4 Å². The van der Waals surface area contributed by atoms with Crippen molar-refractivity contribution in [1.82, 2.24) is 10.2 Å². The summed E-state index contributed by atoms with van der Waals surface area (Å²) in [5.74, 6) is 0. The van der Waals surface area contributed by atoms with E-state index in [9.17, 15) is 15.2 Å². The molecule has 2 rings (SSSR count). The molecule has 1 fully saturated rings. The van der Waals surface area contributed by atoms with Crippen LogP contribution in [0.25, 0.3) is 0 Å². The molecule has 1 aromatic rings. The molecular weight excluding hydrogens is 234 g/mol. The van der Waals surface area contributed by atoms with Crippen molar-refractivity contribution in [2.45, 2.75) is 6.04 Å². The Morgan fingerprint density at radius 1 is 1.44 bits per heavy atom. The first-order valence-electron chi connectivity index (χ1n) is 6.02. The Balaban J connectivity index is 2.20. The average Bonchev–Trinajstić information content (AvgIpc) is 2.41. The van der Waals surface area contributed by atoms with Crippen LogP contribution in [0.15, 0.2) is 24.3 Å². The molecule has 1 aliphatic rings. The Kier molecular flexibility index (Phi) is 4.24. The number of hydrogen-bond acceptors (Lipinski definition) is 5. The largest absolute Gasteiger partial charge is 0.394 e. The Hall–Kier alpha value is -1.50. The average molecular weight is 251 g/mol. The normalized spacial score (nSPS) is 18.5. The fourth-order valence-corrected chi connectivity index (χ4v) is 2.27. The van der Waals surface area contributed by atoms with Gasteiger partial charge >= 0.3 is 0 Å². The lowest BCUT2D eigenvalue weighted by atomic mass is 10.0. The summed E-state index contributed by atoms with van der Waals surface area (Å²) < 4.78 is 0. The van der Waals surface area contributed by atoms with E-state index in [4.69, 9.17) is 0 Å². The van der Waals surface area contributed by atoms with Crippen molar-refractivity contribution in [2.75, 3.05) is 32.8 Å². The zero-order valence-electron chi connectivity index (χ0n) is 10.1. The molecule has 1 aliphatic heterocycles. The number of piperazine rings is 1. The van der Waals surface area contributed by atoms with Gasteiger partial charge in [-0.1, -0.05) is 12.1 Å². The van der Waals surface area contributed by atoms with Crippen LogP contribution >= 0.6 is 0 Å². The molecule has 0 aliphatic carbocycles. The lowest BCUT2D eigenvalue weighted by Gasteiger charge is -2.34. The highest BCUT2D eigenvalue weighted by molar-refractivity contribution is 5.36. The van der Waals surface area contributed by atoms with Gasteiger partial charge in [0.2, 0.25) is 0 Å².